The molecule has 2 heterocycles. The molecule has 0 aliphatic heterocycles. The van der Waals surface area contributed by atoms with E-state index in [-0.39, 0.29) is 0 Å². The highest BCUT2D eigenvalue weighted by Crippen LogP contribution is 2.38. The maximum atomic E-state index is 5.80. The molecule has 148 valence electrons. The maximum absolute atomic E-state index is 5.80. The molecule has 1 aliphatic carbocycles. The van der Waals surface area contributed by atoms with Crippen LogP contribution in [0, 0.1) is 33.6 Å². The Bertz CT molecular complexity index is 980. The van der Waals surface area contributed by atoms with Crippen LogP contribution in [-0.4, -0.2) is 21.2 Å². The van der Waals surface area contributed by atoms with Crippen molar-refractivity contribution in [1.29, 1.82) is 0 Å². The Morgan fingerprint density at radius 3 is 2.46 bits per heavy atom. The summed E-state index contributed by atoms with van der Waals surface area (Å²) in [5.74, 6) is 2.28. The maximum Gasteiger partial charge on any atom is 0.228 e. The van der Waals surface area contributed by atoms with E-state index in [1.807, 2.05) is 6.92 Å². The smallest absolute Gasteiger partial charge is 0.228 e. The molecule has 0 radical (unpaired) electrons. The van der Waals surface area contributed by atoms with Crippen LogP contribution in [0.5, 0.6) is 0 Å². The largest absolute Gasteiger partial charge is 0.364 e. The van der Waals surface area contributed by atoms with Crippen LogP contribution >= 0.6 is 0 Å². The third-order valence-electron chi connectivity index (χ3n) is 5.73. The van der Waals surface area contributed by atoms with Gasteiger partial charge in [0.2, 0.25) is 5.58 Å². The summed E-state index contributed by atoms with van der Waals surface area (Å²) in [6.45, 7) is 10.5. The van der Waals surface area contributed by atoms with Crippen LogP contribution in [0.15, 0.2) is 16.7 Å². The van der Waals surface area contributed by atoms with Crippen LogP contribution in [0.25, 0.3) is 22.4 Å². The van der Waals surface area contributed by atoms with Crippen LogP contribution in [0.1, 0.15) is 61.5 Å². The van der Waals surface area contributed by atoms with E-state index in [1.54, 1.807) is 0 Å². The Morgan fingerprint density at radius 2 is 1.82 bits per heavy atom. The van der Waals surface area contributed by atoms with Crippen molar-refractivity contribution in [3.63, 3.8) is 0 Å². The fourth-order valence-electron chi connectivity index (χ4n) is 4.28. The lowest BCUT2D eigenvalue weighted by molar-refractivity contribution is 0.458. The Kier molecular flexibility index (Phi) is 5.09. The van der Waals surface area contributed by atoms with E-state index >= 15 is 0 Å². The van der Waals surface area contributed by atoms with Crippen molar-refractivity contribution in [1.82, 2.24) is 15.1 Å². The first-order valence-electron chi connectivity index (χ1n) is 10.5. The van der Waals surface area contributed by atoms with Gasteiger partial charge in [0, 0.05) is 11.6 Å². The zero-order valence-corrected chi connectivity index (χ0v) is 17.6. The number of hydrogen-bond acceptors (Lipinski definition) is 5. The molecule has 0 amide bonds. The fraction of sp³-hybridized carbons (Fsp3) is 0.522. The van der Waals surface area contributed by atoms with E-state index in [4.69, 9.17) is 9.51 Å². The second-order valence-corrected chi connectivity index (χ2v) is 8.33. The van der Waals surface area contributed by atoms with E-state index < -0.39 is 0 Å². The van der Waals surface area contributed by atoms with Crippen LogP contribution < -0.4 is 5.32 Å². The number of benzene rings is 1. The van der Waals surface area contributed by atoms with Crippen molar-refractivity contribution >= 4 is 16.9 Å². The van der Waals surface area contributed by atoms with Gasteiger partial charge in [0.25, 0.3) is 0 Å². The summed E-state index contributed by atoms with van der Waals surface area (Å²) in [5, 5.41) is 8.11. The van der Waals surface area contributed by atoms with Crippen molar-refractivity contribution in [3.05, 3.63) is 34.6 Å². The summed E-state index contributed by atoms with van der Waals surface area (Å²) < 4.78 is 5.80. The van der Waals surface area contributed by atoms with Crippen molar-refractivity contribution in [2.75, 3.05) is 5.32 Å². The molecule has 0 spiro atoms. The highest BCUT2D eigenvalue weighted by Gasteiger charge is 2.32. The fourth-order valence-corrected chi connectivity index (χ4v) is 4.28. The minimum Gasteiger partial charge on any atom is -0.364 e. The molecule has 5 nitrogen and oxygen atoms in total. The Balaban J connectivity index is 1.77. The van der Waals surface area contributed by atoms with Crippen LogP contribution in [0.3, 0.4) is 0 Å². The number of rotatable bonds is 7. The van der Waals surface area contributed by atoms with E-state index in [0.29, 0.717) is 11.6 Å². The molecular formula is C23H30N4O. The average Bonchev–Trinajstić information content (AvgIpc) is 3.39. The van der Waals surface area contributed by atoms with Gasteiger partial charge in [0.05, 0.1) is 0 Å². The highest BCUT2D eigenvalue weighted by atomic mass is 16.5. The van der Waals surface area contributed by atoms with Gasteiger partial charge in [-0.25, -0.2) is 9.97 Å². The minimum atomic E-state index is 0.453. The Labute approximate surface area is 166 Å². The first-order chi connectivity index (χ1) is 13.5. The van der Waals surface area contributed by atoms with Crippen molar-refractivity contribution in [2.45, 2.75) is 72.8 Å². The first kappa shape index (κ1) is 18.9. The molecule has 1 aliphatic rings. The number of nitrogens with one attached hydrogen (secondary N) is 1. The normalized spacial score (nSPS) is 15.2. The molecule has 28 heavy (non-hydrogen) atoms. The van der Waals surface area contributed by atoms with Crippen molar-refractivity contribution < 1.29 is 4.52 Å². The van der Waals surface area contributed by atoms with Gasteiger partial charge in [0.15, 0.2) is 5.82 Å². The predicted molar refractivity (Wildman–Crippen MR) is 114 cm³/mol. The topological polar surface area (TPSA) is 63.8 Å². The van der Waals surface area contributed by atoms with Gasteiger partial charge in [-0.1, -0.05) is 42.6 Å². The molecule has 3 aromatic rings. The van der Waals surface area contributed by atoms with Crippen molar-refractivity contribution in [2.24, 2.45) is 5.92 Å². The first-order valence-corrected chi connectivity index (χ1v) is 10.5. The zero-order valence-electron chi connectivity index (χ0n) is 17.6. The van der Waals surface area contributed by atoms with Crippen LogP contribution in [0.2, 0.25) is 0 Å². The lowest BCUT2D eigenvalue weighted by Crippen LogP contribution is -2.22. The van der Waals surface area contributed by atoms with E-state index in [0.717, 1.165) is 34.3 Å². The third-order valence-corrected chi connectivity index (χ3v) is 5.73. The molecule has 1 aromatic carbocycles. The highest BCUT2D eigenvalue weighted by molar-refractivity contribution is 5.95. The molecular weight excluding hydrogens is 348 g/mol. The Hall–Kier alpha value is -2.43. The summed E-state index contributed by atoms with van der Waals surface area (Å²) >= 11 is 0. The minimum absolute atomic E-state index is 0.453. The van der Waals surface area contributed by atoms with E-state index in [2.05, 4.69) is 55.3 Å². The number of hydrogen-bond donors (Lipinski definition) is 1. The van der Waals surface area contributed by atoms with Crippen molar-refractivity contribution in [3.8, 4) is 11.3 Å². The summed E-state index contributed by atoms with van der Waals surface area (Å²) in [4.78, 5) is 9.37. The van der Waals surface area contributed by atoms with Gasteiger partial charge >= 0.3 is 0 Å². The number of aromatic nitrogens is 3. The van der Waals surface area contributed by atoms with Gasteiger partial charge in [-0.05, 0) is 64.0 Å². The average molecular weight is 379 g/mol. The van der Waals surface area contributed by atoms with E-state index in [1.165, 1.54) is 48.8 Å². The molecule has 0 bridgehead atoms. The monoisotopic (exact) mass is 378 g/mol. The summed E-state index contributed by atoms with van der Waals surface area (Å²) in [6.07, 6.45) is 6.21. The lowest BCUT2D eigenvalue weighted by Gasteiger charge is -2.18. The lowest BCUT2D eigenvalue weighted by atomic mass is 9.97. The second kappa shape index (κ2) is 7.53. The molecule has 2 aromatic heterocycles. The predicted octanol–water partition coefficient (Wildman–Crippen LogP) is 5.90. The molecule has 4 rings (SSSR count). The molecule has 1 atom stereocenters. The van der Waals surface area contributed by atoms with Crippen LogP contribution in [-0.2, 0) is 0 Å². The Morgan fingerprint density at radius 1 is 1.11 bits per heavy atom. The van der Waals surface area contributed by atoms with Crippen LogP contribution in [0.4, 0.5) is 5.82 Å². The standard InChI is InChI=1S/C23H30N4O/c1-6-7-8-18(17-9-10-17)26-23-22-21(24-16(5)25-23)20(27-28-22)19-14(3)11-13(2)12-15(19)4/h11-12,17-18H,6-10H2,1-5H3,(H,24,25,26). The van der Waals surface area contributed by atoms with Gasteiger partial charge in [-0.2, -0.15) is 0 Å². The zero-order chi connectivity index (χ0) is 19.8. The number of aryl methyl sites for hydroxylation is 4. The molecule has 1 saturated carbocycles. The van der Waals surface area contributed by atoms with Gasteiger partial charge in [-0.15, -0.1) is 0 Å². The van der Waals surface area contributed by atoms with Gasteiger partial charge < -0.3 is 9.84 Å². The van der Waals surface area contributed by atoms with E-state index in [9.17, 15) is 0 Å². The molecule has 0 saturated heterocycles. The number of nitrogens with zero attached hydrogens (tertiary/aromatic N) is 3. The third kappa shape index (κ3) is 3.62. The summed E-state index contributed by atoms with van der Waals surface area (Å²) in [7, 11) is 0. The number of unbranched alkanes of at least 4 members (excludes halogenated alkanes) is 1. The summed E-state index contributed by atoms with van der Waals surface area (Å²) in [6, 6.07) is 4.82. The molecule has 1 fully saturated rings. The molecule has 5 heteroatoms. The van der Waals surface area contributed by atoms with Gasteiger partial charge in [0.1, 0.15) is 17.0 Å². The summed E-state index contributed by atoms with van der Waals surface area (Å²) in [5.41, 5.74) is 7.03. The number of anilines is 1. The number of fused-ring (bicyclic) bond motifs is 1. The molecule has 1 unspecified atom stereocenters. The van der Waals surface area contributed by atoms with Gasteiger partial charge in [-0.3, -0.25) is 0 Å². The SMILES string of the molecule is CCCCC(Nc1nc(C)nc2c(-c3c(C)cc(C)cc3C)noc12)C1CC1. The molecule has 1 N–H and O–H groups in total. The second-order valence-electron chi connectivity index (χ2n) is 8.33. The quantitative estimate of drug-likeness (QED) is 0.554.